The van der Waals surface area contributed by atoms with Gasteiger partial charge in [-0.15, -0.1) is 5.10 Å². The summed E-state index contributed by atoms with van der Waals surface area (Å²) in [6.07, 6.45) is 3.15. The minimum atomic E-state index is -0.626. The van der Waals surface area contributed by atoms with Gasteiger partial charge in [-0.25, -0.2) is 4.79 Å². The SMILES string of the molecule is CCOC(=O)N(C)C1(c2nnnn2-c2ccc3c(c2)OCO3)CCC(C)CC1. The molecule has 1 aromatic heterocycles. The molecule has 0 saturated heterocycles. The Morgan fingerprint density at radius 1 is 1.32 bits per heavy atom. The van der Waals surface area contributed by atoms with Gasteiger partial charge in [0, 0.05) is 13.1 Å². The van der Waals surface area contributed by atoms with Crippen LogP contribution in [0, 0.1) is 5.92 Å². The van der Waals surface area contributed by atoms with E-state index in [4.69, 9.17) is 14.2 Å². The first kappa shape index (κ1) is 18.5. The summed E-state index contributed by atoms with van der Waals surface area (Å²) >= 11 is 0. The third kappa shape index (κ3) is 3.04. The lowest BCUT2D eigenvalue weighted by atomic mass is 9.75. The molecule has 1 saturated carbocycles. The number of benzene rings is 1. The van der Waals surface area contributed by atoms with Crippen LogP contribution >= 0.6 is 0 Å². The molecule has 9 nitrogen and oxygen atoms in total. The molecule has 1 aliphatic heterocycles. The van der Waals surface area contributed by atoms with E-state index in [1.54, 1.807) is 23.6 Å². The number of amides is 1. The molecule has 2 aliphatic rings. The molecule has 0 N–H and O–H groups in total. The molecule has 2 aromatic rings. The van der Waals surface area contributed by atoms with Crippen molar-refractivity contribution in [1.82, 2.24) is 25.1 Å². The Morgan fingerprint density at radius 3 is 2.82 bits per heavy atom. The standard InChI is InChI=1S/C19H25N5O4/c1-4-26-18(25)23(3)19(9-7-13(2)8-10-19)17-20-21-22-24(17)14-5-6-15-16(11-14)28-12-27-15/h5-6,11,13H,4,7-10,12H2,1-3H3. The third-order valence-corrected chi connectivity index (χ3v) is 5.77. The summed E-state index contributed by atoms with van der Waals surface area (Å²) in [5.41, 5.74) is 0.137. The second-order valence-electron chi connectivity index (χ2n) is 7.42. The predicted molar refractivity (Wildman–Crippen MR) is 99.4 cm³/mol. The fourth-order valence-electron chi connectivity index (χ4n) is 4.01. The van der Waals surface area contributed by atoms with Crippen molar-refractivity contribution in [3.8, 4) is 17.2 Å². The van der Waals surface area contributed by atoms with Crippen LogP contribution in [0.25, 0.3) is 5.69 Å². The zero-order valence-corrected chi connectivity index (χ0v) is 16.4. The molecule has 0 bridgehead atoms. The quantitative estimate of drug-likeness (QED) is 0.796. The Morgan fingerprint density at radius 2 is 2.07 bits per heavy atom. The number of nitrogens with zero attached hydrogens (tertiary/aromatic N) is 5. The molecule has 0 spiro atoms. The Balaban J connectivity index is 1.76. The monoisotopic (exact) mass is 387 g/mol. The Kier molecular flexibility index (Phi) is 4.82. The number of carbonyl (C=O) groups is 1. The van der Waals surface area contributed by atoms with E-state index in [1.165, 1.54) is 0 Å². The number of hydrogen-bond acceptors (Lipinski definition) is 7. The maximum absolute atomic E-state index is 12.6. The van der Waals surface area contributed by atoms with Crippen LogP contribution in [-0.4, -0.2) is 51.6 Å². The minimum Gasteiger partial charge on any atom is -0.454 e. The first-order valence-corrected chi connectivity index (χ1v) is 9.64. The first-order valence-electron chi connectivity index (χ1n) is 9.64. The van der Waals surface area contributed by atoms with Gasteiger partial charge < -0.3 is 14.2 Å². The number of rotatable bonds is 4. The van der Waals surface area contributed by atoms with E-state index in [2.05, 4.69) is 22.4 Å². The van der Waals surface area contributed by atoms with Crippen molar-refractivity contribution < 1.29 is 19.0 Å². The van der Waals surface area contributed by atoms with Gasteiger partial charge >= 0.3 is 6.09 Å². The molecule has 0 unspecified atom stereocenters. The number of tetrazole rings is 1. The summed E-state index contributed by atoms with van der Waals surface area (Å²) in [6.45, 7) is 4.56. The average Bonchev–Trinajstić information content (AvgIpc) is 3.37. The largest absolute Gasteiger partial charge is 0.454 e. The maximum atomic E-state index is 12.6. The van der Waals surface area contributed by atoms with Gasteiger partial charge in [0.25, 0.3) is 0 Å². The number of aromatic nitrogens is 4. The molecular weight excluding hydrogens is 362 g/mol. The van der Waals surface area contributed by atoms with Gasteiger partial charge in [-0.3, -0.25) is 4.90 Å². The van der Waals surface area contributed by atoms with E-state index in [9.17, 15) is 4.79 Å². The van der Waals surface area contributed by atoms with E-state index in [0.717, 1.165) is 31.4 Å². The maximum Gasteiger partial charge on any atom is 0.410 e. The van der Waals surface area contributed by atoms with Gasteiger partial charge in [-0.05, 0) is 61.1 Å². The fourth-order valence-corrected chi connectivity index (χ4v) is 4.01. The van der Waals surface area contributed by atoms with Crippen LogP contribution in [0.4, 0.5) is 4.79 Å². The van der Waals surface area contributed by atoms with Gasteiger partial charge in [0.05, 0.1) is 12.3 Å². The number of fused-ring (bicyclic) bond motifs is 1. The first-order chi connectivity index (χ1) is 13.5. The minimum absolute atomic E-state index is 0.203. The van der Waals surface area contributed by atoms with Gasteiger partial charge in [0.2, 0.25) is 6.79 Å². The zero-order chi connectivity index (χ0) is 19.7. The number of hydrogen-bond donors (Lipinski definition) is 0. The Bertz CT molecular complexity index is 860. The second kappa shape index (κ2) is 7.29. The van der Waals surface area contributed by atoms with E-state index in [0.29, 0.717) is 29.8 Å². The highest BCUT2D eigenvalue weighted by Crippen LogP contribution is 2.44. The van der Waals surface area contributed by atoms with Crippen LogP contribution < -0.4 is 9.47 Å². The summed E-state index contributed by atoms with van der Waals surface area (Å²) in [5, 5.41) is 12.5. The van der Waals surface area contributed by atoms with Crippen LogP contribution in [0.15, 0.2) is 18.2 Å². The van der Waals surface area contributed by atoms with Crippen molar-refractivity contribution in [3.05, 3.63) is 24.0 Å². The summed E-state index contributed by atoms with van der Waals surface area (Å²) < 4.78 is 17.9. The highest BCUT2D eigenvalue weighted by atomic mass is 16.7. The van der Waals surface area contributed by atoms with Crippen LogP contribution in [-0.2, 0) is 10.3 Å². The summed E-state index contributed by atoms with van der Waals surface area (Å²) in [7, 11) is 1.77. The smallest absolute Gasteiger partial charge is 0.410 e. The second-order valence-corrected chi connectivity index (χ2v) is 7.42. The molecule has 1 aromatic carbocycles. The zero-order valence-electron chi connectivity index (χ0n) is 16.4. The number of carbonyl (C=O) groups excluding carboxylic acids is 1. The van der Waals surface area contributed by atoms with E-state index in [1.807, 2.05) is 18.2 Å². The van der Waals surface area contributed by atoms with Crippen LogP contribution in [0.3, 0.4) is 0 Å². The lowest BCUT2D eigenvalue weighted by molar-refractivity contribution is 0.0311. The van der Waals surface area contributed by atoms with Crippen molar-refractivity contribution in [2.24, 2.45) is 5.92 Å². The van der Waals surface area contributed by atoms with E-state index >= 15 is 0 Å². The summed E-state index contributed by atoms with van der Waals surface area (Å²) in [5.74, 6) is 2.58. The lowest BCUT2D eigenvalue weighted by Crippen LogP contribution is -2.51. The molecule has 28 heavy (non-hydrogen) atoms. The van der Waals surface area contributed by atoms with Crippen molar-refractivity contribution >= 4 is 6.09 Å². The molecule has 1 aliphatic carbocycles. The Hall–Kier alpha value is -2.84. The Labute approximate surface area is 163 Å². The number of ether oxygens (including phenoxy) is 3. The molecule has 0 radical (unpaired) electrons. The third-order valence-electron chi connectivity index (χ3n) is 5.77. The highest BCUT2D eigenvalue weighted by Gasteiger charge is 2.46. The molecule has 1 fully saturated rings. The van der Waals surface area contributed by atoms with Gasteiger partial charge in [-0.1, -0.05) is 6.92 Å². The molecule has 0 atom stereocenters. The fraction of sp³-hybridized carbons (Fsp3) is 0.579. The van der Waals surface area contributed by atoms with Gasteiger partial charge in [0.15, 0.2) is 17.3 Å². The lowest BCUT2D eigenvalue weighted by Gasteiger charge is -2.44. The van der Waals surface area contributed by atoms with Crippen LogP contribution in [0.5, 0.6) is 11.5 Å². The molecule has 9 heteroatoms. The van der Waals surface area contributed by atoms with Crippen molar-refractivity contribution in [3.63, 3.8) is 0 Å². The molecule has 1 amide bonds. The van der Waals surface area contributed by atoms with Crippen molar-refractivity contribution in [2.75, 3.05) is 20.4 Å². The summed E-state index contributed by atoms with van der Waals surface area (Å²) in [6, 6.07) is 5.58. The molecule has 150 valence electrons. The molecule has 2 heterocycles. The molecular formula is C19H25N5O4. The topological polar surface area (TPSA) is 91.6 Å². The average molecular weight is 387 g/mol. The van der Waals surface area contributed by atoms with Crippen LogP contribution in [0.2, 0.25) is 0 Å². The van der Waals surface area contributed by atoms with E-state index in [-0.39, 0.29) is 12.9 Å². The van der Waals surface area contributed by atoms with Crippen molar-refractivity contribution in [1.29, 1.82) is 0 Å². The summed E-state index contributed by atoms with van der Waals surface area (Å²) in [4.78, 5) is 14.3. The predicted octanol–water partition coefficient (Wildman–Crippen LogP) is 2.88. The van der Waals surface area contributed by atoms with Crippen LogP contribution in [0.1, 0.15) is 45.4 Å². The highest BCUT2D eigenvalue weighted by molar-refractivity contribution is 5.68. The van der Waals surface area contributed by atoms with Gasteiger partial charge in [-0.2, -0.15) is 4.68 Å². The molecule has 4 rings (SSSR count). The van der Waals surface area contributed by atoms with E-state index < -0.39 is 5.54 Å². The van der Waals surface area contributed by atoms with Crippen molar-refractivity contribution in [2.45, 2.75) is 45.1 Å². The normalized spacial score (nSPS) is 23.5. The van der Waals surface area contributed by atoms with Gasteiger partial charge in [0.1, 0.15) is 5.54 Å².